The number of aryl methyl sites for hydroxylation is 1. The molecule has 0 aliphatic carbocycles. The Balaban J connectivity index is 1.67. The summed E-state index contributed by atoms with van der Waals surface area (Å²) in [5.74, 6) is 0.478. The van der Waals surface area contributed by atoms with Crippen LogP contribution in [0.25, 0.3) is 0 Å². The number of halogens is 1. The second-order valence-electron chi connectivity index (χ2n) is 6.82. The molecule has 4 heteroatoms. The summed E-state index contributed by atoms with van der Waals surface area (Å²) in [6, 6.07) is 14.3. The van der Waals surface area contributed by atoms with Crippen molar-refractivity contribution in [3.8, 4) is 5.75 Å². The van der Waals surface area contributed by atoms with Crippen molar-refractivity contribution in [1.82, 2.24) is 5.32 Å². The maximum atomic E-state index is 13.6. The molecule has 1 unspecified atom stereocenters. The fourth-order valence-electron chi connectivity index (χ4n) is 3.15. The standard InChI is InChI=1S/C20H22FNO2/c1-20(2)13-17(15-8-4-6-10-18(15)24-20)22-19(23)12-11-14-7-3-5-9-16(14)21/h3-10,17H,11-13H2,1-2H3,(H,22,23). The smallest absolute Gasteiger partial charge is 0.220 e. The predicted octanol–water partition coefficient (Wildman–Crippen LogP) is 4.18. The summed E-state index contributed by atoms with van der Waals surface area (Å²) >= 11 is 0. The number of carbonyl (C=O) groups excluding carboxylic acids is 1. The Kier molecular flexibility index (Phi) is 4.56. The van der Waals surface area contributed by atoms with Crippen LogP contribution in [0.2, 0.25) is 0 Å². The first-order valence-corrected chi connectivity index (χ1v) is 8.25. The lowest BCUT2D eigenvalue weighted by Gasteiger charge is -2.37. The molecule has 0 bridgehead atoms. The van der Waals surface area contributed by atoms with Gasteiger partial charge in [-0.3, -0.25) is 4.79 Å². The normalized spacial score (nSPS) is 18.4. The molecule has 0 spiro atoms. The summed E-state index contributed by atoms with van der Waals surface area (Å²) in [5, 5.41) is 3.08. The van der Waals surface area contributed by atoms with Crippen LogP contribution in [0.15, 0.2) is 48.5 Å². The SMILES string of the molecule is CC1(C)CC(NC(=O)CCc2ccccc2F)c2ccccc2O1. The molecule has 2 aromatic rings. The number of carbonyl (C=O) groups is 1. The summed E-state index contributed by atoms with van der Waals surface area (Å²) in [6.45, 7) is 4.03. The van der Waals surface area contributed by atoms with Crippen molar-refractivity contribution in [3.63, 3.8) is 0 Å². The van der Waals surface area contributed by atoms with Crippen molar-refractivity contribution >= 4 is 5.91 Å². The first kappa shape index (κ1) is 16.5. The molecule has 1 aliphatic heterocycles. The largest absolute Gasteiger partial charge is 0.487 e. The molecule has 1 aliphatic rings. The molecule has 1 atom stereocenters. The Morgan fingerprint density at radius 3 is 2.71 bits per heavy atom. The van der Waals surface area contributed by atoms with Gasteiger partial charge in [0.15, 0.2) is 0 Å². The van der Waals surface area contributed by atoms with Crippen LogP contribution in [0, 0.1) is 5.82 Å². The predicted molar refractivity (Wildman–Crippen MR) is 91.4 cm³/mol. The second-order valence-corrected chi connectivity index (χ2v) is 6.82. The van der Waals surface area contributed by atoms with Crippen LogP contribution in [0.4, 0.5) is 4.39 Å². The van der Waals surface area contributed by atoms with Crippen LogP contribution in [0.1, 0.15) is 43.9 Å². The first-order valence-electron chi connectivity index (χ1n) is 8.25. The number of nitrogens with one attached hydrogen (secondary N) is 1. The van der Waals surface area contributed by atoms with Gasteiger partial charge in [0.25, 0.3) is 0 Å². The van der Waals surface area contributed by atoms with E-state index in [0.29, 0.717) is 18.4 Å². The average molecular weight is 327 g/mol. The van der Waals surface area contributed by atoms with Crippen LogP contribution < -0.4 is 10.1 Å². The third-order valence-corrected chi connectivity index (χ3v) is 4.29. The van der Waals surface area contributed by atoms with Gasteiger partial charge in [-0.2, -0.15) is 0 Å². The maximum Gasteiger partial charge on any atom is 0.220 e. The lowest BCUT2D eigenvalue weighted by Crippen LogP contribution is -2.41. The Morgan fingerprint density at radius 1 is 1.21 bits per heavy atom. The molecule has 1 N–H and O–H groups in total. The topological polar surface area (TPSA) is 38.3 Å². The highest BCUT2D eigenvalue weighted by atomic mass is 19.1. The van der Waals surface area contributed by atoms with E-state index < -0.39 is 0 Å². The molecule has 24 heavy (non-hydrogen) atoms. The van der Waals surface area contributed by atoms with E-state index in [1.165, 1.54) is 6.07 Å². The van der Waals surface area contributed by atoms with Gasteiger partial charge < -0.3 is 10.1 Å². The van der Waals surface area contributed by atoms with Gasteiger partial charge >= 0.3 is 0 Å². The Hall–Kier alpha value is -2.36. The Labute approximate surface area is 141 Å². The minimum absolute atomic E-state index is 0.0734. The molecule has 3 rings (SSSR count). The minimum atomic E-state index is -0.335. The number of hydrogen-bond donors (Lipinski definition) is 1. The zero-order chi connectivity index (χ0) is 17.2. The minimum Gasteiger partial charge on any atom is -0.487 e. The lowest BCUT2D eigenvalue weighted by molar-refractivity contribution is -0.122. The summed E-state index contributed by atoms with van der Waals surface area (Å²) in [4.78, 5) is 12.3. The quantitative estimate of drug-likeness (QED) is 0.915. The highest BCUT2D eigenvalue weighted by Gasteiger charge is 2.34. The zero-order valence-corrected chi connectivity index (χ0v) is 14.0. The fourth-order valence-corrected chi connectivity index (χ4v) is 3.15. The molecular formula is C20H22FNO2. The molecule has 0 fully saturated rings. The number of benzene rings is 2. The third-order valence-electron chi connectivity index (χ3n) is 4.29. The zero-order valence-electron chi connectivity index (χ0n) is 14.0. The first-order chi connectivity index (χ1) is 11.4. The van der Waals surface area contributed by atoms with Gasteiger partial charge in [-0.05, 0) is 38.0 Å². The van der Waals surface area contributed by atoms with Crippen LogP contribution in [-0.2, 0) is 11.2 Å². The summed E-state index contributed by atoms with van der Waals surface area (Å²) < 4.78 is 19.6. The molecule has 3 nitrogen and oxygen atoms in total. The van der Waals surface area contributed by atoms with Crippen LogP contribution in [0.5, 0.6) is 5.75 Å². The van der Waals surface area contributed by atoms with Crippen molar-refractivity contribution < 1.29 is 13.9 Å². The van der Waals surface area contributed by atoms with E-state index in [9.17, 15) is 9.18 Å². The number of amides is 1. The van der Waals surface area contributed by atoms with E-state index in [2.05, 4.69) is 5.32 Å². The lowest BCUT2D eigenvalue weighted by atomic mass is 9.89. The van der Waals surface area contributed by atoms with E-state index in [-0.39, 0.29) is 29.8 Å². The molecule has 0 radical (unpaired) electrons. The Bertz CT molecular complexity index is 742. The van der Waals surface area contributed by atoms with Crippen LogP contribution in [0.3, 0.4) is 0 Å². The number of fused-ring (bicyclic) bond motifs is 1. The monoisotopic (exact) mass is 327 g/mol. The highest BCUT2D eigenvalue weighted by molar-refractivity contribution is 5.77. The van der Waals surface area contributed by atoms with Crippen molar-refractivity contribution in [2.75, 3.05) is 0 Å². The van der Waals surface area contributed by atoms with E-state index in [1.807, 2.05) is 38.1 Å². The number of rotatable bonds is 4. The van der Waals surface area contributed by atoms with Crippen molar-refractivity contribution in [1.29, 1.82) is 0 Å². The van der Waals surface area contributed by atoms with Gasteiger partial charge in [0, 0.05) is 18.4 Å². The highest BCUT2D eigenvalue weighted by Crippen LogP contribution is 2.39. The second kappa shape index (κ2) is 6.63. The van der Waals surface area contributed by atoms with Crippen molar-refractivity contribution in [3.05, 3.63) is 65.5 Å². The van der Waals surface area contributed by atoms with Gasteiger partial charge in [0.1, 0.15) is 17.2 Å². The van der Waals surface area contributed by atoms with Crippen LogP contribution in [-0.4, -0.2) is 11.5 Å². The fraction of sp³-hybridized carbons (Fsp3) is 0.350. The number of hydrogen-bond acceptors (Lipinski definition) is 2. The molecule has 126 valence electrons. The van der Waals surface area contributed by atoms with Gasteiger partial charge in [0.2, 0.25) is 5.91 Å². The number of ether oxygens (including phenoxy) is 1. The van der Waals surface area contributed by atoms with Crippen molar-refractivity contribution in [2.24, 2.45) is 0 Å². The molecule has 0 saturated carbocycles. The third kappa shape index (κ3) is 3.75. The van der Waals surface area contributed by atoms with Gasteiger partial charge in [-0.15, -0.1) is 0 Å². The van der Waals surface area contributed by atoms with Crippen LogP contribution >= 0.6 is 0 Å². The molecule has 0 saturated heterocycles. The molecular weight excluding hydrogens is 305 g/mol. The van der Waals surface area contributed by atoms with Gasteiger partial charge in [-0.1, -0.05) is 36.4 Å². The summed E-state index contributed by atoms with van der Waals surface area (Å²) in [6.07, 6.45) is 1.36. The summed E-state index contributed by atoms with van der Waals surface area (Å²) in [5.41, 5.74) is 1.23. The van der Waals surface area contributed by atoms with Crippen molar-refractivity contribution in [2.45, 2.75) is 44.8 Å². The van der Waals surface area contributed by atoms with Gasteiger partial charge in [-0.25, -0.2) is 4.39 Å². The van der Waals surface area contributed by atoms with E-state index in [1.54, 1.807) is 18.2 Å². The summed E-state index contributed by atoms with van der Waals surface area (Å²) in [7, 11) is 0. The van der Waals surface area contributed by atoms with E-state index >= 15 is 0 Å². The average Bonchev–Trinajstić information content (AvgIpc) is 2.53. The maximum absolute atomic E-state index is 13.6. The molecule has 1 amide bonds. The van der Waals surface area contributed by atoms with E-state index in [4.69, 9.17) is 4.74 Å². The molecule has 2 aromatic carbocycles. The Morgan fingerprint density at radius 2 is 1.92 bits per heavy atom. The number of para-hydroxylation sites is 1. The molecule has 0 aromatic heterocycles. The van der Waals surface area contributed by atoms with E-state index in [0.717, 1.165) is 11.3 Å². The van der Waals surface area contributed by atoms with Gasteiger partial charge in [0.05, 0.1) is 6.04 Å². The molecule has 1 heterocycles.